The van der Waals surface area contributed by atoms with E-state index in [1.807, 2.05) is 6.07 Å². The third-order valence-corrected chi connectivity index (χ3v) is 2.72. The second-order valence-electron chi connectivity index (χ2n) is 3.95. The van der Waals surface area contributed by atoms with Crippen LogP contribution in [0.2, 0.25) is 0 Å². The molecule has 0 spiro atoms. The molecule has 1 aliphatic heterocycles. The number of hydrogen-bond acceptors (Lipinski definition) is 7. The molecule has 0 aliphatic carbocycles. The Morgan fingerprint density at radius 2 is 2.32 bits per heavy atom. The monoisotopic (exact) mass is 284 g/mol. The van der Waals surface area contributed by atoms with Gasteiger partial charge in [0.2, 0.25) is 5.95 Å². The third-order valence-electron chi connectivity index (χ3n) is 2.72. The van der Waals surface area contributed by atoms with Gasteiger partial charge in [-0.05, 0) is 12.1 Å². The smallest absolute Gasteiger partial charge is 0.277 e. The summed E-state index contributed by atoms with van der Waals surface area (Å²) in [5.41, 5.74) is 11.4. The normalized spacial score (nSPS) is 16.7. The molecule has 6 N–H and O–H groups in total. The van der Waals surface area contributed by atoms with E-state index in [-0.39, 0.29) is 23.9 Å². The van der Waals surface area contributed by atoms with Gasteiger partial charge in [-0.25, -0.2) is 0 Å². The molecular formula is C10H13ClN6O2. The first kappa shape index (κ1) is 13.2. The van der Waals surface area contributed by atoms with Crippen molar-refractivity contribution in [3.05, 3.63) is 34.5 Å². The number of rotatable bonds is 2. The first-order chi connectivity index (χ1) is 8.65. The van der Waals surface area contributed by atoms with Gasteiger partial charge in [-0.15, -0.1) is 12.4 Å². The lowest BCUT2D eigenvalue weighted by molar-refractivity contribution is 0.494. The number of H-pyrrole nitrogens is 1. The molecule has 8 nitrogen and oxygen atoms in total. The fourth-order valence-corrected chi connectivity index (χ4v) is 1.92. The van der Waals surface area contributed by atoms with Gasteiger partial charge in [0.05, 0.1) is 12.8 Å². The van der Waals surface area contributed by atoms with Crippen molar-refractivity contribution in [3.8, 4) is 0 Å². The fraction of sp³-hybridized carbons (Fsp3) is 0.200. The molecule has 19 heavy (non-hydrogen) atoms. The molecule has 0 saturated carbocycles. The summed E-state index contributed by atoms with van der Waals surface area (Å²) in [7, 11) is 0. The number of hydrogen-bond donors (Lipinski definition) is 4. The molecule has 2 aromatic heterocycles. The van der Waals surface area contributed by atoms with Crippen LogP contribution in [0, 0.1) is 0 Å². The number of fused-ring (bicyclic) bond motifs is 1. The highest BCUT2D eigenvalue weighted by atomic mass is 35.5. The molecule has 3 rings (SSSR count). The van der Waals surface area contributed by atoms with Gasteiger partial charge in [0.15, 0.2) is 12.1 Å². The van der Waals surface area contributed by atoms with E-state index in [0.29, 0.717) is 18.1 Å². The fourth-order valence-electron chi connectivity index (χ4n) is 1.92. The van der Waals surface area contributed by atoms with Crippen LogP contribution in [0.3, 0.4) is 0 Å². The minimum atomic E-state index is -0.541. The van der Waals surface area contributed by atoms with Gasteiger partial charge in [0.25, 0.3) is 5.56 Å². The maximum Gasteiger partial charge on any atom is 0.277 e. The number of aromatic nitrogens is 2. The van der Waals surface area contributed by atoms with Gasteiger partial charge in [0, 0.05) is 0 Å². The number of halogens is 1. The van der Waals surface area contributed by atoms with Crippen molar-refractivity contribution >= 4 is 29.9 Å². The molecule has 1 unspecified atom stereocenters. The predicted octanol–water partition coefficient (Wildman–Crippen LogP) is 0.0413. The highest BCUT2D eigenvalue weighted by Gasteiger charge is 2.30. The predicted molar refractivity (Wildman–Crippen MR) is 73.0 cm³/mol. The van der Waals surface area contributed by atoms with E-state index >= 15 is 0 Å². The van der Waals surface area contributed by atoms with E-state index in [2.05, 4.69) is 15.3 Å². The minimum Gasteiger partial charge on any atom is -0.467 e. The maximum atomic E-state index is 11.7. The average Bonchev–Trinajstić information content (AvgIpc) is 2.91. The standard InChI is InChI=1S/C10H12N6O2.ClH/c11-9-14-7-6(8(17)15-9)13-10(12)16(7)4-5-2-1-3-18-5;/h1-3,10,13H,4,12H2,(H3,11,14,15,17);1H. The molecule has 1 atom stereocenters. The Morgan fingerprint density at radius 3 is 3.00 bits per heavy atom. The van der Waals surface area contributed by atoms with Crippen LogP contribution in [0.4, 0.5) is 17.5 Å². The van der Waals surface area contributed by atoms with Crippen molar-refractivity contribution in [2.45, 2.75) is 12.8 Å². The van der Waals surface area contributed by atoms with Crippen molar-refractivity contribution in [2.24, 2.45) is 5.73 Å². The Bertz CT molecular complexity index is 625. The van der Waals surface area contributed by atoms with Gasteiger partial charge in [-0.2, -0.15) is 4.98 Å². The number of anilines is 3. The van der Waals surface area contributed by atoms with Crippen LogP contribution in [-0.4, -0.2) is 16.3 Å². The van der Waals surface area contributed by atoms with Crippen molar-refractivity contribution in [1.82, 2.24) is 9.97 Å². The van der Waals surface area contributed by atoms with Crippen LogP contribution in [0.1, 0.15) is 5.76 Å². The van der Waals surface area contributed by atoms with Crippen molar-refractivity contribution in [1.29, 1.82) is 0 Å². The zero-order valence-corrected chi connectivity index (χ0v) is 10.6. The second kappa shape index (κ2) is 4.82. The Labute approximate surface area is 114 Å². The second-order valence-corrected chi connectivity index (χ2v) is 3.95. The Kier molecular flexibility index (Phi) is 3.36. The van der Waals surface area contributed by atoms with Gasteiger partial charge >= 0.3 is 0 Å². The molecule has 9 heteroatoms. The van der Waals surface area contributed by atoms with E-state index in [0.717, 1.165) is 5.76 Å². The Balaban J connectivity index is 0.00000133. The number of nitrogens with two attached hydrogens (primary N) is 2. The Morgan fingerprint density at radius 1 is 1.53 bits per heavy atom. The van der Waals surface area contributed by atoms with E-state index in [1.165, 1.54) is 0 Å². The molecule has 0 amide bonds. The van der Waals surface area contributed by atoms with E-state index in [9.17, 15) is 4.79 Å². The van der Waals surface area contributed by atoms with E-state index in [4.69, 9.17) is 15.9 Å². The van der Waals surface area contributed by atoms with Gasteiger partial charge in [-0.3, -0.25) is 15.5 Å². The molecular weight excluding hydrogens is 272 g/mol. The molecule has 0 bridgehead atoms. The van der Waals surface area contributed by atoms with Crippen LogP contribution >= 0.6 is 12.4 Å². The van der Waals surface area contributed by atoms with Crippen molar-refractivity contribution in [3.63, 3.8) is 0 Å². The van der Waals surface area contributed by atoms with Crippen molar-refractivity contribution in [2.75, 3.05) is 16.0 Å². The minimum absolute atomic E-state index is 0. The van der Waals surface area contributed by atoms with Gasteiger partial charge in [-0.1, -0.05) is 0 Å². The number of nitrogen functional groups attached to an aromatic ring is 1. The average molecular weight is 285 g/mol. The van der Waals surface area contributed by atoms with Crippen LogP contribution in [-0.2, 0) is 6.54 Å². The lowest BCUT2D eigenvalue weighted by Crippen LogP contribution is -2.42. The maximum absolute atomic E-state index is 11.7. The SMILES string of the molecule is Cl.Nc1nc2c(c(=O)[nH]1)NC(N)N2Cc1ccco1. The molecule has 3 heterocycles. The van der Waals surface area contributed by atoms with Gasteiger partial charge < -0.3 is 20.4 Å². The van der Waals surface area contributed by atoms with Gasteiger partial charge in [0.1, 0.15) is 11.4 Å². The molecule has 0 aromatic carbocycles. The Hall–Kier alpha value is -2.19. The summed E-state index contributed by atoms with van der Waals surface area (Å²) in [6, 6.07) is 3.60. The molecule has 0 saturated heterocycles. The number of aromatic amines is 1. The largest absolute Gasteiger partial charge is 0.467 e. The summed E-state index contributed by atoms with van der Waals surface area (Å²) >= 11 is 0. The van der Waals surface area contributed by atoms with Crippen LogP contribution in [0.25, 0.3) is 0 Å². The first-order valence-corrected chi connectivity index (χ1v) is 5.36. The zero-order valence-electron chi connectivity index (χ0n) is 9.79. The van der Waals surface area contributed by atoms with Crippen LogP contribution in [0.5, 0.6) is 0 Å². The summed E-state index contributed by atoms with van der Waals surface area (Å²) in [6.45, 7) is 0.407. The van der Waals surface area contributed by atoms with E-state index < -0.39 is 6.29 Å². The summed E-state index contributed by atoms with van der Waals surface area (Å²) in [4.78, 5) is 19.9. The summed E-state index contributed by atoms with van der Waals surface area (Å²) in [6.07, 6.45) is 1.03. The molecule has 102 valence electrons. The summed E-state index contributed by atoms with van der Waals surface area (Å²) in [5.74, 6) is 1.21. The lowest BCUT2D eigenvalue weighted by Gasteiger charge is -2.21. The highest BCUT2D eigenvalue weighted by Crippen LogP contribution is 2.29. The quantitative estimate of drug-likeness (QED) is 0.613. The zero-order chi connectivity index (χ0) is 12.7. The molecule has 0 radical (unpaired) electrons. The van der Waals surface area contributed by atoms with E-state index in [1.54, 1.807) is 17.2 Å². The molecule has 0 fully saturated rings. The number of nitrogens with zero attached hydrogens (tertiary/aromatic N) is 2. The topological polar surface area (TPSA) is 126 Å². The molecule has 1 aliphatic rings. The number of nitrogens with one attached hydrogen (secondary N) is 2. The molecule has 2 aromatic rings. The first-order valence-electron chi connectivity index (χ1n) is 5.36. The summed E-state index contributed by atoms with van der Waals surface area (Å²) < 4.78 is 5.25. The lowest BCUT2D eigenvalue weighted by atomic mass is 10.4. The van der Waals surface area contributed by atoms with Crippen LogP contribution < -0.4 is 27.2 Å². The highest BCUT2D eigenvalue weighted by molar-refractivity contribution is 5.85. The van der Waals surface area contributed by atoms with Crippen molar-refractivity contribution < 1.29 is 4.42 Å². The number of furan rings is 1. The summed E-state index contributed by atoms with van der Waals surface area (Å²) in [5, 5.41) is 2.86. The third kappa shape index (κ3) is 2.23. The van der Waals surface area contributed by atoms with Crippen LogP contribution in [0.15, 0.2) is 27.6 Å².